The van der Waals surface area contributed by atoms with Crippen molar-refractivity contribution < 1.29 is 9.53 Å². The Morgan fingerprint density at radius 3 is 2.27 bits per heavy atom. The van der Waals surface area contributed by atoms with Crippen LogP contribution in [0.3, 0.4) is 0 Å². The van der Waals surface area contributed by atoms with E-state index in [0.717, 1.165) is 43.9 Å². The first-order chi connectivity index (χ1) is 10.7. The molecule has 0 aromatic heterocycles. The van der Waals surface area contributed by atoms with E-state index < -0.39 is 0 Å². The first kappa shape index (κ1) is 16.3. The second-order valence-electron chi connectivity index (χ2n) is 7.93. The van der Waals surface area contributed by atoms with Crippen LogP contribution in [-0.2, 0) is 9.53 Å². The van der Waals surface area contributed by atoms with E-state index in [9.17, 15) is 4.79 Å². The monoisotopic (exact) mass is 307 g/mol. The zero-order chi connectivity index (χ0) is 15.5. The summed E-state index contributed by atoms with van der Waals surface area (Å²) < 4.78 is 5.45. The lowest BCUT2D eigenvalue weighted by Crippen LogP contribution is -2.45. The number of rotatable bonds is 3. The molecular weight excluding hydrogens is 274 g/mol. The van der Waals surface area contributed by atoms with Gasteiger partial charge < -0.3 is 9.64 Å². The quantitative estimate of drug-likeness (QED) is 0.788. The van der Waals surface area contributed by atoms with Gasteiger partial charge in [0.05, 0.1) is 6.10 Å². The van der Waals surface area contributed by atoms with Gasteiger partial charge >= 0.3 is 0 Å². The topological polar surface area (TPSA) is 29.5 Å². The third-order valence-corrected chi connectivity index (χ3v) is 6.76. The molecule has 0 unspecified atom stereocenters. The van der Waals surface area contributed by atoms with Crippen LogP contribution in [0.25, 0.3) is 0 Å². The number of amides is 1. The predicted molar refractivity (Wildman–Crippen MR) is 88.6 cm³/mol. The molecule has 0 aliphatic heterocycles. The van der Waals surface area contributed by atoms with Crippen molar-refractivity contribution in [3.8, 4) is 0 Å². The molecule has 0 N–H and O–H groups in total. The average molecular weight is 307 g/mol. The molecule has 3 atom stereocenters. The summed E-state index contributed by atoms with van der Waals surface area (Å²) in [4.78, 5) is 15.0. The van der Waals surface area contributed by atoms with Gasteiger partial charge in [0.15, 0.2) is 0 Å². The third kappa shape index (κ3) is 3.50. The van der Waals surface area contributed by atoms with Crippen molar-refractivity contribution in [1.82, 2.24) is 4.90 Å². The molecule has 0 spiro atoms. The molecule has 3 fully saturated rings. The second kappa shape index (κ2) is 7.33. The van der Waals surface area contributed by atoms with Crippen LogP contribution in [0.15, 0.2) is 0 Å². The number of nitrogens with zero attached hydrogens (tertiary/aromatic N) is 1. The molecule has 0 aromatic carbocycles. The minimum atomic E-state index is 0.310. The zero-order valence-electron chi connectivity index (χ0n) is 14.4. The second-order valence-corrected chi connectivity index (χ2v) is 7.93. The van der Waals surface area contributed by atoms with Crippen molar-refractivity contribution in [3.63, 3.8) is 0 Å². The lowest BCUT2D eigenvalue weighted by atomic mass is 9.67. The van der Waals surface area contributed by atoms with Gasteiger partial charge in [0.1, 0.15) is 0 Å². The minimum Gasteiger partial charge on any atom is -0.381 e. The van der Waals surface area contributed by atoms with Gasteiger partial charge in [0, 0.05) is 26.1 Å². The molecule has 3 nitrogen and oxygen atoms in total. The van der Waals surface area contributed by atoms with Crippen LogP contribution in [0.2, 0.25) is 0 Å². The van der Waals surface area contributed by atoms with Crippen LogP contribution in [0.4, 0.5) is 0 Å². The molecule has 0 aromatic rings. The molecule has 126 valence electrons. The van der Waals surface area contributed by atoms with Gasteiger partial charge in [-0.3, -0.25) is 4.79 Å². The highest BCUT2D eigenvalue weighted by atomic mass is 16.5. The fraction of sp³-hybridized carbons (Fsp3) is 0.947. The van der Waals surface area contributed by atoms with Crippen molar-refractivity contribution in [1.29, 1.82) is 0 Å². The fourth-order valence-electron chi connectivity index (χ4n) is 5.23. The highest BCUT2D eigenvalue weighted by Crippen LogP contribution is 2.43. The van der Waals surface area contributed by atoms with E-state index in [4.69, 9.17) is 4.74 Å². The Kier molecular flexibility index (Phi) is 5.43. The highest BCUT2D eigenvalue weighted by Gasteiger charge is 2.37. The highest BCUT2D eigenvalue weighted by molar-refractivity contribution is 5.79. The third-order valence-electron chi connectivity index (χ3n) is 6.76. The molecular formula is C19H33NO2. The van der Waals surface area contributed by atoms with E-state index in [-0.39, 0.29) is 0 Å². The summed E-state index contributed by atoms with van der Waals surface area (Å²) in [6.45, 7) is 0. The Bertz CT molecular complexity index is 376. The standard InChI is InChI=1S/C19H33NO2/c1-20(17-9-11-18(22-2)12-10-17)19(21)16-8-7-14-5-3-4-6-15(14)13-16/h14-18H,3-13H2,1-2H3/t14-,15+,16-,17?,18?/m1/s1. The number of methoxy groups -OCH3 is 1. The normalized spacial score (nSPS) is 39.1. The lowest BCUT2D eigenvalue weighted by Gasteiger charge is -2.41. The number of hydrogen-bond acceptors (Lipinski definition) is 2. The average Bonchev–Trinajstić information content (AvgIpc) is 2.60. The van der Waals surface area contributed by atoms with E-state index in [2.05, 4.69) is 4.90 Å². The molecule has 0 saturated heterocycles. The van der Waals surface area contributed by atoms with Gasteiger partial charge in [-0.1, -0.05) is 25.7 Å². The van der Waals surface area contributed by atoms with Crippen molar-refractivity contribution in [2.24, 2.45) is 17.8 Å². The maximum absolute atomic E-state index is 12.9. The number of carbonyl (C=O) groups is 1. The Hall–Kier alpha value is -0.570. The van der Waals surface area contributed by atoms with Gasteiger partial charge in [0.25, 0.3) is 0 Å². The first-order valence-electron chi connectivity index (χ1n) is 9.48. The number of carbonyl (C=O) groups excluding carboxylic acids is 1. The van der Waals surface area contributed by atoms with Gasteiger partial charge in [-0.15, -0.1) is 0 Å². The fourth-order valence-corrected chi connectivity index (χ4v) is 5.23. The van der Waals surface area contributed by atoms with Crippen LogP contribution in [-0.4, -0.2) is 37.1 Å². The molecule has 3 heteroatoms. The Morgan fingerprint density at radius 2 is 1.59 bits per heavy atom. The summed E-state index contributed by atoms with van der Waals surface area (Å²) in [6, 6.07) is 0.447. The van der Waals surface area contributed by atoms with Gasteiger partial charge in [-0.2, -0.15) is 0 Å². The van der Waals surface area contributed by atoms with E-state index in [1.807, 2.05) is 14.2 Å². The van der Waals surface area contributed by atoms with Crippen molar-refractivity contribution in [3.05, 3.63) is 0 Å². The van der Waals surface area contributed by atoms with Crippen molar-refractivity contribution in [2.45, 2.75) is 82.8 Å². The van der Waals surface area contributed by atoms with Crippen LogP contribution in [0, 0.1) is 17.8 Å². The van der Waals surface area contributed by atoms with Crippen LogP contribution >= 0.6 is 0 Å². The summed E-state index contributed by atoms with van der Waals surface area (Å²) in [5.41, 5.74) is 0. The summed E-state index contributed by atoms with van der Waals surface area (Å²) in [7, 11) is 3.86. The molecule has 3 rings (SSSR count). The zero-order valence-corrected chi connectivity index (χ0v) is 14.4. The maximum atomic E-state index is 12.9. The smallest absolute Gasteiger partial charge is 0.225 e. The maximum Gasteiger partial charge on any atom is 0.225 e. The Morgan fingerprint density at radius 1 is 0.909 bits per heavy atom. The van der Waals surface area contributed by atoms with Crippen molar-refractivity contribution in [2.75, 3.05) is 14.2 Å². The first-order valence-corrected chi connectivity index (χ1v) is 9.48. The van der Waals surface area contributed by atoms with E-state index in [1.165, 1.54) is 38.5 Å². The van der Waals surface area contributed by atoms with Crippen LogP contribution in [0.5, 0.6) is 0 Å². The molecule has 3 aliphatic carbocycles. The summed E-state index contributed by atoms with van der Waals surface area (Å²) in [6.07, 6.45) is 14.0. The molecule has 3 saturated carbocycles. The summed E-state index contributed by atoms with van der Waals surface area (Å²) in [5, 5.41) is 0. The largest absolute Gasteiger partial charge is 0.381 e. The SMILES string of the molecule is COC1CCC(N(C)C(=O)[C@@H]2CC[C@H]3CCCC[C@H]3C2)CC1. The Labute approximate surface area is 135 Å². The van der Waals surface area contributed by atoms with E-state index in [0.29, 0.717) is 24.0 Å². The van der Waals surface area contributed by atoms with Crippen molar-refractivity contribution >= 4 is 5.91 Å². The van der Waals surface area contributed by atoms with E-state index in [1.54, 1.807) is 0 Å². The molecule has 0 heterocycles. The molecule has 3 aliphatic rings. The number of ether oxygens (including phenoxy) is 1. The van der Waals surface area contributed by atoms with Gasteiger partial charge in [-0.25, -0.2) is 0 Å². The minimum absolute atomic E-state index is 0.310. The van der Waals surface area contributed by atoms with Crippen LogP contribution in [0.1, 0.15) is 70.6 Å². The van der Waals surface area contributed by atoms with E-state index >= 15 is 0 Å². The number of fused-ring (bicyclic) bond motifs is 1. The summed E-state index contributed by atoms with van der Waals surface area (Å²) >= 11 is 0. The number of hydrogen-bond donors (Lipinski definition) is 0. The molecule has 0 bridgehead atoms. The molecule has 1 amide bonds. The Balaban J connectivity index is 1.52. The van der Waals surface area contributed by atoms with Crippen LogP contribution < -0.4 is 0 Å². The molecule has 22 heavy (non-hydrogen) atoms. The predicted octanol–water partition coefficient (Wildman–Crippen LogP) is 4.01. The summed E-state index contributed by atoms with van der Waals surface area (Å²) in [5.74, 6) is 2.52. The lowest BCUT2D eigenvalue weighted by molar-refractivity contribution is -0.139. The molecule has 0 radical (unpaired) electrons. The van der Waals surface area contributed by atoms with Gasteiger partial charge in [0.2, 0.25) is 5.91 Å². The van der Waals surface area contributed by atoms with Gasteiger partial charge in [-0.05, 0) is 56.8 Å².